The van der Waals surface area contributed by atoms with Gasteiger partial charge in [-0.15, -0.1) is 11.8 Å². The third-order valence-electron chi connectivity index (χ3n) is 1.60. The molecule has 0 amide bonds. The highest BCUT2D eigenvalue weighted by Crippen LogP contribution is 2.26. The van der Waals surface area contributed by atoms with Gasteiger partial charge in [0.2, 0.25) is 0 Å². The van der Waals surface area contributed by atoms with E-state index in [0.29, 0.717) is 4.90 Å². The summed E-state index contributed by atoms with van der Waals surface area (Å²) in [5.74, 6) is -1.33. The zero-order valence-electron chi connectivity index (χ0n) is 7.99. The summed E-state index contributed by atoms with van der Waals surface area (Å²) in [6.07, 6.45) is -3.82. The molecule has 0 saturated carbocycles. The molecular formula is C9H8F3NO2S. The zero-order chi connectivity index (χ0) is 12.2. The summed E-state index contributed by atoms with van der Waals surface area (Å²) in [6.45, 7) is 0. The number of halogens is 3. The number of hydrogen-bond donors (Lipinski definition) is 1. The molecule has 0 aliphatic carbocycles. The molecule has 0 atom stereocenters. The fourth-order valence-electron chi connectivity index (χ4n) is 0.903. The molecule has 0 bridgehead atoms. The molecule has 0 unspecified atom stereocenters. The van der Waals surface area contributed by atoms with Crippen LogP contribution in [0.4, 0.5) is 13.2 Å². The average Bonchev–Trinajstić information content (AvgIpc) is 2.16. The molecule has 3 nitrogen and oxygen atoms in total. The standard InChI is InChI=1S/C9H8F3NO2S/c10-9(11,12)2-4-16-6-1-3-13-7(5-6)8(14)15/h1,3,5H,2,4H2,(H,14,15). The van der Waals surface area contributed by atoms with Crippen LogP contribution in [0.2, 0.25) is 0 Å². The maximum absolute atomic E-state index is 11.8. The Kier molecular flexibility index (Phi) is 4.17. The minimum Gasteiger partial charge on any atom is -0.477 e. The van der Waals surface area contributed by atoms with Crippen LogP contribution in [-0.2, 0) is 0 Å². The molecule has 1 rings (SSSR count). The second-order valence-electron chi connectivity index (χ2n) is 2.90. The van der Waals surface area contributed by atoms with Gasteiger partial charge in [-0.05, 0) is 12.1 Å². The van der Waals surface area contributed by atoms with Gasteiger partial charge in [0.15, 0.2) is 0 Å². The van der Waals surface area contributed by atoms with Gasteiger partial charge in [0.1, 0.15) is 5.69 Å². The number of alkyl halides is 3. The van der Waals surface area contributed by atoms with Gasteiger partial charge >= 0.3 is 12.1 Å². The van der Waals surface area contributed by atoms with Crippen molar-refractivity contribution < 1.29 is 23.1 Å². The van der Waals surface area contributed by atoms with Crippen molar-refractivity contribution in [1.29, 1.82) is 0 Å². The van der Waals surface area contributed by atoms with E-state index in [0.717, 1.165) is 11.8 Å². The fourth-order valence-corrected chi connectivity index (χ4v) is 1.82. The lowest BCUT2D eigenvalue weighted by Crippen LogP contribution is -2.08. The molecule has 0 aliphatic rings. The normalized spacial score (nSPS) is 11.4. The van der Waals surface area contributed by atoms with Gasteiger partial charge in [-0.1, -0.05) is 0 Å². The van der Waals surface area contributed by atoms with Crippen molar-refractivity contribution in [1.82, 2.24) is 4.98 Å². The SMILES string of the molecule is O=C(O)c1cc(SCCC(F)(F)F)ccn1. The first-order chi connectivity index (χ1) is 7.38. The van der Waals surface area contributed by atoms with Crippen molar-refractivity contribution in [3.63, 3.8) is 0 Å². The fraction of sp³-hybridized carbons (Fsp3) is 0.333. The van der Waals surface area contributed by atoms with Crippen molar-refractivity contribution in [3.8, 4) is 0 Å². The number of nitrogens with zero attached hydrogens (tertiary/aromatic N) is 1. The molecular weight excluding hydrogens is 243 g/mol. The number of aromatic carboxylic acids is 1. The predicted molar refractivity (Wildman–Crippen MR) is 52.6 cm³/mol. The van der Waals surface area contributed by atoms with Gasteiger partial charge in [-0.2, -0.15) is 13.2 Å². The van der Waals surface area contributed by atoms with Crippen LogP contribution >= 0.6 is 11.8 Å². The lowest BCUT2D eigenvalue weighted by Gasteiger charge is -2.05. The Morgan fingerprint density at radius 3 is 2.75 bits per heavy atom. The van der Waals surface area contributed by atoms with Crippen molar-refractivity contribution in [2.24, 2.45) is 0 Å². The first-order valence-corrected chi connectivity index (χ1v) is 5.26. The number of rotatable bonds is 4. The van der Waals surface area contributed by atoms with Crippen LogP contribution in [-0.4, -0.2) is 28.0 Å². The van der Waals surface area contributed by atoms with Gasteiger partial charge in [-0.3, -0.25) is 0 Å². The number of thioether (sulfide) groups is 1. The highest BCUT2D eigenvalue weighted by atomic mass is 32.2. The molecule has 88 valence electrons. The first-order valence-electron chi connectivity index (χ1n) is 4.27. The lowest BCUT2D eigenvalue weighted by atomic mass is 10.3. The van der Waals surface area contributed by atoms with Crippen LogP contribution in [0.3, 0.4) is 0 Å². The van der Waals surface area contributed by atoms with Crippen LogP contribution < -0.4 is 0 Å². The summed E-state index contributed by atoms with van der Waals surface area (Å²) in [7, 11) is 0. The third kappa shape index (κ3) is 4.52. The molecule has 1 aromatic heterocycles. The molecule has 0 aromatic carbocycles. The molecule has 0 aliphatic heterocycles. The Hall–Kier alpha value is -1.24. The van der Waals surface area contributed by atoms with Gasteiger partial charge in [0.25, 0.3) is 0 Å². The summed E-state index contributed by atoms with van der Waals surface area (Å²) >= 11 is 0.956. The van der Waals surface area contributed by atoms with Crippen molar-refractivity contribution in [3.05, 3.63) is 24.0 Å². The van der Waals surface area contributed by atoms with Crippen molar-refractivity contribution in [2.75, 3.05) is 5.75 Å². The summed E-state index contributed by atoms with van der Waals surface area (Å²) in [5.41, 5.74) is -0.169. The zero-order valence-corrected chi connectivity index (χ0v) is 8.81. The van der Waals surface area contributed by atoms with E-state index in [1.165, 1.54) is 18.3 Å². The largest absolute Gasteiger partial charge is 0.477 e. The van der Waals surface area contributed by atoms with Crippen LogP contribution in [0.15, 0.2) is 23.2 Å². The summed E-state index contributed by atoms with van der Waals surface area (Å²) in [6, 6.07) is 2.73. The Labute approximate surface area is 93.7 Å². The maximum atomic E-state index is 11.8. The summed E-state index contributed by atoms with van der Waals surface area (Å²) < 4.78 is 35.5. The molecule has 7 heteroatoms. The molecule has 1 heterocycles. The Morgan fingerprint density at radius 2 is 2.19 bits per heavy atom. The molecule has 0 spiro atoms. The summed E-state index contributed by atoms with van der Waals surface area (Å²) in [5, 5.41) is 8.61. The molecule has 0 radical (unpaired) electrons. The monoisotopic (exact) mass is 251 g/mol. The van der Waals surface area contributed by atoms with E-state index in [1.54, 1.807) is 0 Å². The number of carboxylic acids is 1. The summed E-state index contributed by atoms with van der Waals surface area (Å²) in [4.78, 5) is 14.6. The maximum Gasteiger partial charge on any atom is 0.389 e. The van der Waals surface area contributed by atoms with E-state index in [9.17, 15) is 18.0 Å². The second-order valence-corrected chi connectivity index (χ2v) is 4.06. The number of aromatic nitrogens is 1. The average molecular weight is 251 g/mol. The van der Waals surface area contributed by atoms with Gasteiger partial charge in [-0.25, -0.2) is 9.78 Å². The topological polar surface area (TPSA) is 50.2 Å². The minimum absolute atomic E-state index is 0.132. The van der Waals surface area contributed by atoms with Gasteiger partial charge in [0, 0.05) is 16.8 Å². The van der Waals surface area contributed by atoms with Crippen LogP contribution in [0.5, 0.6) is 0 Å². The van der Waals surface area contributed by atoms with Crippen molar-refractivity contribution in [2.45, 2.75) is 17.5 Å². The van der Waals surface area contributed by atoms with Gasteiger partial charge < -0.3 is 5.11 Å². The van der Waals surface area contributed by atoms with E-state index in [1.807, 2.05) is 0 Å². The number of hydrogen-bond acceptors (Lipinski definition) is 3. The highest BCUT2D eigenvalue weighted by molar-refractivity contribution is 7.99. The Morgan fingerprint density at radius 1 is 1.50 bits per heavy atom. The number of pyridine rings is 1. The number of carboxylic acid groups (broad SMARTS) is 1. The highest BCUT2D eigenvalue weighted by Gasteiger charge is 2.26. The Balaban J connectivity index is 2.55. The van der Waals surface area contributed by atoms with E-state index in [4.69, 9.17) is 5.11 Å². The first kappa shape index (κ1) is 12.8. The Bertz CT molecular complexity index is 381. The third-order valence-corrected chi connectivity index (χ3v) is 2.60. The van der Waals surface area contributed by atoms with E-state index >= 15 is 0 Å². The number of carbonyl (C=O) groups is 1. The molecule has 1 aromatic rings. The predicted octanol–water partition coefficient (Wildman–Crippen LogP) is 2.82. The molecule has 16 heavy (non-hydrogen) atoms. The molecule has 0 saturated heterocycles. The molecule has 1 N–H and O–H groups in total. The minimum atomic E-state index is -4.18. The van der Waals surface area contributed by atoms with E-state index < -0.39 is 18.6 Å². The molecule has 0 fully saturated rings. The quantitative estimate of drug-likeness (QED) is 0.836. The van der Waals surface area contributed by atoms with Gasteiger partial charge in [0.05, 0.1) is 6.42 Å². The van der Waals surface area contributed by atoms with Crippen LogP contribution in [0, 0.1) is 0 Å². The van der Waals surface area contributed by atoms with E-state index in [-0.39, 0.29) is 11.4 Å². The van der Waals surface area contributed by atoms with Crippen LogP contribution in [0.1, 0.15) is 16.9 Å². The second kappa shape index (κ2) is 5.20. The smallest absolute Gasteiger partial charge is 0.389 e. The van der Waals surface area contributed by atoms with E-state index in [2.05, 4.69) is 4.98 Å². The van der Waals surface area contributed by atoms with Crippen molar-refractivity contribution >= 4 is 17.7 Å². The van der Waals surface area contributed by atoms with Crippen LogP contribution in [0.25, 0.3) is 0 Å². The lowest BCUT2D eigenvalue weighted by molar-refractivity contribution is -0.129.